The first kappa shape index (κ1) is 13.4. The van der Waals surface area contributed by atoms with Gasteiger partial charge in [0.15, 0.2) is 0 Å². The second-order valence-corrected chi connectivity index (χ2v) is 5.77. The van der Waals surface area contributed by atoms with Crippen LogP contribution < -0.4 is 16.0 Å². The topological polar surface area (TPSA) is 61.6 Å². The Balaban J connectivity index is 1.69. The summed E-state index contributed by atoms with van der Waals surface area (Å²) in [6.07, 6.45) is 0.930. The van der Waals surface area contributed by atoms with Crippen LogP contribution >= 0.6 is 0 Å². The Morgan fingerprint density at radius 3 is 3.10 bits per heavy atom. The lowest BCUT2D eigenvalue weighted by Crippen LogP contribution is -2.52. The van der Waals surface area contributed by atoms with Gasteiger partial charge in [0.05, 0.1) is 6.54 Å². The minimum Gasteiger partial charge on any atom is -0.399 e. The summed E-state index contributed by atoms with van der Waals surface area (Å²) < 4.78 is 0. The smallest absolute Gasteiger partial charge is 0.241 e. The van der Waals surface area contributed by atoms with Crippen LogP contribution in [0.1, 0.15) is 12.5 Å². The molecule has 0 aliphatic carbocycles. The van der Waals surface area contributed by atoms with E-state index in [2.05, 4.69) is 17.1 Å². The van der Waals surface area contributed by atoms with Crippen LogP contribution in [0.15, 0.2) is 18.2 Å². The normalized spacial score (nSPS) is 22.9. The van der Waals surface area contributed by atoms with Crippen molar-refractivity contribution in [2.75, 3.05) is 43.4 Å². The van der Waals surface area contributed by atoms with E-state index in [0.717, 1.165) is 44.0 Å². The van der Waals surface area contributed by atoms with Gasteiger partial charge in [-0.1, -0.05) is 6.07 Å². The molecule has 2 aliphatic heterocycles. The van der Waals surface area contributed by atoms with Crippen LogP contribution in [0.25, 0.3) is 0 Å². The molecule has 2 heterocycles. The zero-order valence-electron chi connectivity index (χ0n) is 11.9. The van der Waals surface area contributed by atoms with Crippen molar-refractivity contribution in [3.05, 3.63) is 23.8 Å². The van der Waals surface area contributed by atoms with Crippen LogP contribution in [0, 0.1) is 0 Å². The number of anilines is 2. The summed E-state index contributed by atoms with van der Waals surface area (Å²) in [5, 5.41) is 3.39. The Labute approximate surface area is 119 Å². The van der Waals surface area contributed by atoms with Gasteiger partial charge in [0, 0.05) is 43.6 Å². The number of nitrogens with one attached hydrogen (secondary N) is 1. The molecule has 0 aromatic heterocycles. The molecule has 2 aliphatic rings. The zero-order chi connectivity index (χ0) is 14.1. The van der Waals surface area contributed by atoms with Crippen LogP contribution in [0.4, 0.5) is 11.4 Å². The Morgan fingerprint density at radius 2 is 2.30 bits per heavy atom. The summed E-state index contributed by atoms with van der Waals surface area (Å²) in [6, 6.07) is 6.31. The van der Waals surface area contributed by atoms with Gasteiger partial charge in [-0.25, -0.2) is 0 Å². The summed E-state index contributed by atoms with van der Waals surface area (Å²) in [7, 11) is 0. The number of rotatable bonds is 2. The highest BCUT2D eigenvalue weighted by atomic mass is 16.2. The van der Waals surface area contributed by atoms with Crippen LogP contribution in [0.2, 0.25) is 0 Å². The van der Waals surface area contributed by atoms with E-state index in [1.807, 2.05) is 23.1 Å². The molecule has 5 heteroatoms. The largest absolute Gasteiger partial charge is 0.399 e. The Kier molecular flexibility index (Phi) is 3.63. The van der Waals surface area contributed by atoms with E-state index in [1.165, 1.54) is 5.56 Å². The molecule has 5 nitrogen and oxygen atoms in total. The highest BCUT2D eigenvalue weighted by molar-refractivity contribution is 5.97. The predicted octanol–water partition coefficient (Wildman–Crippen LogP) is 0.452. The second kappa shape index (κ2) is 5.42. The number of nitrogens with zero attached hydrogens (tertiary/aromatic N) is 2. The minimum atomic E-state index is 0.184. The average molecular weight is 274 g/mol. The predicted molar refractivity (Wildman–Crippen MR) is 80.8 cm³/mol. The molecule has 3 rings (SSSR count). The first-order chi connectivity index (χ1) is 9.63. The molecule has 1 atom stereocenters. The van der Waals surface area contributed by atoms with Gasteiger partial charge in [-0.15, -0.1) is 0 Å². The molecule has 108 valence electrons. The van der Waals surface area contributed by atoms with E-state index in [-0.39, 0.29) is 5.91 Å². The number of hydrogen-bond acceptors (Lipinski definition) is 4. The number of nitrogen functional groups attached to an aromatic ring is 1. The van der Waals surface area contributed by atoms with E-state index in [4.69, 9.17) is 5.73 Å². The maximum atomic E-state index is 12.5. The molecular weight excluding hydrogens is 252 g/mol. The van der Waals surface area contributed by atoms with Gasteiger partial charge in [0.2, 0.25) is 5.91 Å². The molecule has 20 heavy (non-hydrogen) atoms. The van der Waals surface area contributed by atoms with Gasteiger partial charge < -0.3 is 16.0 Å². The summed E-state index contributed by atoms with van der Waals surface area (Å²) >= 11 is 0. The molecule has 0 spiro atoms. The lowest BCUT2D eigenvalue weighted by molar-refractivity contribution is -0.119. The Hall–Kier alpha value is -1.59. The zero-order valence-corrected chi connectivity index (χ0v) is 11.9. The highest BCUT2D eigenvalue weighted by Gasteiger charge is 2.27. The fraction of sp³-hybridized carbons (Fsp3) is 0.533. The molecule has 1 aromatic rings. The molecular formula is C15H22N4O. The van der Waals surface area contributed by atoms with Crippen molar-refractivity contribution in [1.82, 2.24) is 10.2 Å². The van der Waals surface area contributed by atoms with Crippen LogP contribution in [0.5, 0.6) is 0 Å². The van der Waals surface area contributed by atoms with Crippen molar-refractivity contribution >= 4 is 17.3 Å². The third-order valence-corrected chi connectivity index (χ3v) is 4.12. The van der Waals surface area contributed by atoms with E-state index < -0.39 is 0 Å². The first-order valence-electron chi connectivity index (χ1n) is 7.28. The average Bonchev–Trinajstić information content (AvgIpc) is 2.81. The first-order valence-corrected chi connectivity index (χ1v) is 7.28. The van der Waals surface area contributed by atoms with Crippen LogP contribution in [-0.4, -0.2) is 49.6 Å². The lowest BCUT2D eigenvalue weighted by atomic mass is 10.1. The molecule has 1 fully saturated rings. The SMILES string of the molecule is CC1CN(CC(=O)N2CCc3ccc(N)cc32)CCN1. The van der Waals surface area contributed by atoms with Crippen LogP contribution in [-0.2, 0) is 11.2 Å². The number of fused-ring (bicyclic) bond motifs is 1. The highest BCUT2D eigenvalue weighted by Crippen LogP contribution is 2.30. The van der Waals surface area contributed by atoms with E-state index in [1.54, 1.807) is 0 Å². The van der Waals surface area contributed by atoms with Crippen molar-refractivity contribution in [2.24, 2.45) is 0 Å². The van der Waals surface area contributed by atoms with E-state index in [0.29, 0.717) is 12.6 Å². The van der Waals surface area contributed by atoms with Gasteiger partial charge >= 0.3 is 0 Å². The number of benzene rings is 1. The van der Waals surface area contributed by atoms with Crippen molar-refractivity contribution in [1.29, 1.82) is 0 Å². The number of hydrogen-bond donors (Lipinski definition) is 2. The number of nitrogens with two attached hydrogens (primary N) is 1. The van der Waals surface area contributed by atoms with Gasteiger partial charge in [0.25, 0.3) is 0 Å². The standard InChI is InChI=1S/C15H22N4O/c1-11-9-18(7-5-17-11)10-15(20)19-6-4-12-2-3-13(16)8-14(12)19/h2-3,8,11,17H,4-7,9-10,16H2,1H3. The minimum absolute atomic E-state index is 0.184. The number of piperazine rings is 1. The fourth-order valence-corrected chi connectivity index (χ4v) is 3.09. The molecule has 0 saturated carbocycles. The third kappa shape index (κ3) is 2.64. The molecule has 3 N–H and O–H groups in total. The number of amides is 1. The van der Waals surface area contributed by atoms with Crippen molar-refractivity contribution in [3.63, 3.8) is 0 Å². The molecule has 0 bridgehead atoms. The van der Waals surface area contributed by atoms with E-state index in [9.17, 15) is 4.79 Å². The van der Waals surface area contributed by atoms with Crippen molar-refractivity contribution < 1.29 is 4.79 Å². The monoisotopic (exact) mass is 274 g/mol. The quantitative estimate of drug-likeness (QED) is 0.769. The van der Waals surface area contributed by atoms with Gasteiger partial charge in [0.1, 0.15) is 0 Å². The van der Waals surface area contributed by atoms with Crippen LogP contribution in [0.3, 0.4) is 0 Å². The fourth-order valence-electron chi connectivity index (χ4n) is 3.09. The Bertz CT molecular complexity index is 517. The molecule has 1 amide bonds. The summed E-state index contributed by atoms with van der Waals surface area (Å²) in [5.74, 6) is 0.184. The summed E-state index contributed by atoms with van der Waals surface area (Å²) in [6.45, 7) is 6.26. The molecule has 1 aromatic carbocycles. The lowest BCUT2D eigenvalue weighted by Gasteiger charge is -2.32. The summed E-state index contributed by atoms with van der Waals surface area (Å²) in [4.78, 5) is 16.6. The van der Waals surface area contributed by atoms with Gasteiger partial charge in [-0.05, 0) is 31.0 Å². The number of carbonyl (C=O) groups excluding carboxylic acids is 1. The van der Waals surface area contributed by atoms with Crippen molar-refractivity contribution in [3.8, 4) is 0 Å². The van der Waals surface area contributed by atoms with Gasteiger partial charge in [-0.3, -0.25) is 9.69 Å². The summed E-state index contributed by atoms with van der Waals surface area (Å²) in [5.41, 5.74) is 8.78. The Morgan fingerprint density at radius 1 is 1.45 bits per heavy atom. The number of carbonyl (C=O) groups is 1. The van der Waals surface area contributed by atoms with Crippen molar-refractivity contribution in [2.45, 2.75) is 19.4 Å². The van der Waals surface area contributed by atoms with Gasteiger partial charge in [-0.2, -0.15) is 0 Å². The molecule has 1 saturated heterocycles. The molecule has 1 unspecified atom stereocenters. The maximum absolute atomic E-state index is 12.5. The molecule has 0 radical (unpaired) electrons. The maximum Gasteiger partial charge on any atom is 0.241 e. The second-order valence-electron chi connectivity index (χ2n) is 5.77. The van der Waals surface area contributed by atoms with E-state index >= 15 is 0 Å². The third-order valence-electron chi connectivity index (χ3n) is 4.12.